The van der Waals surface area contributed by atoms with Gasteiger partial charge in [0.25, 0.3) is 0 Å². The number of hydrogen-bond acceptors (Lipinski definition) is 3. The van der Waals surface area contributed by atoms with Gasteiger partial charge >= 0.3 is 0 Å². The number of carbonyl (C=O) groups is 1. The number of hydrogen-bond donors (Lipinski definition) is 2. The zero-order chi connectivity index (χ0) is 16.1. The molecule has 3 rings (SSSR count). The third kappa shape index (κ3) is 4.29. The minimum atomic E-state index is -0.265. The van der Waals surface area contributed by atoms with E-state index in [4.69, 9.17) is 4.74 Å². The summed E-state index contributed by atoms with van der Waals surface area (Å²) in [5, 5.41) is 6.07. The lowest BCUT2D eigenvalue weighted by Crippen LogP contribution is -2.35. The third-order valence-electron chi connectivity index (χ3n) is 3.80. The molecule has 2 aromatic rings. The summed E-state index contributed by atoms with van der Waals surface area (Å²) in [7, 11) is 0. The van der Waals surface area contributed by atoms with E-state index in [1.54, 1.807) is 18.2 Å². The second-order valence-electron chi connectivity index (χ2n) is 5.58. The second kappa shape index (κ2) is 7.24. The van der Waals surface area contributed by atoms with Gasteiger partial charge in [-0.1, -0.05) is 18.2 Å². The standard InChI is InChI=1S/C18H19FN2O2/c19-14-8-6-13(7-9-14)12-23-16-4-1-3-15(11-16)21-18(22)17-5-2-10-20-17/h1,3-4,6-9,11,17,20H,2,5,10,12H2,(H,21,22). The Hall–Kier alpha value is -2.40. The van der Waals surface area contributed by atoms with Crippen LogP contribution in [0.2, 0.25) is 0 Å². The van der Waals surface area contributed by atoms with Crippen LogP contribution in [0.5, 0.6) is 5.75 Å². The monoisotopic (exact) mass is 314 g/mol. The van der Waals surface area contributed by atoms with E-state index in [0.717, 1.165) is 24.9 Å². The molecule has 1 aliphatic heterocycles. The van der Waals surface area contributed by atoms with E-state index in [9.17, 15) is 9.18 Å². The molecule has 1 saturated heterocycles. The van der Waals surface area contributed by atoms with Crippen LogP contribution in [0.4, 0.5) is 10.1 Å². The molecular formula is C18H19FN2O2. The highest BCUT2D eigenvalue weighted by molar-refractivity contribution is 5.95. The predicted molar refractivity (Wildman–Crippen MR) is 86.8 cm³/mol. The average molecular weight is 314 g/mol. The van der Waals surface area contributed by atoms with Crippen LogP contribution in [0.1, 0.15) is 18.4 Å². The summed E-state index contributed by atoms with van der Waals surface area (Å²) < 4.78 is 18.6. The van der Waals surface area contributed by atoms with Gasteiger partial charge in [0.05, 0.1) is 6.04 Å². The first-order valence-corrected chi connectivity index (χ1v) is 7.72. The Bertz CT molecular complexity index is 667. The Labute approximate surface area is 134 Å². The lowest BCUT2D eigenvalue weighted by molar-refractivity contribution is -0.117. The number of amides is 1. The van der Waals surface area contributed by atoms with Crippen molar-refractivity contribution in [2.24, 2.45) is 0 Å². The molecule has 2 N–H and O–H groups in total. The number of ether oxygens (including phenoxy) is 1. The van der Waals surface area contributed by atoms with Crippen molar-refractivity contribution in [2.45, 2.75) is 25.5 Å². The summed E-state index contributed by atoms with van der Waals surface area (Å²) >= 11 is 0. The predicted octanol–water partition coefficient (Wildman–Crippen LogP) is 3.10. The molecule has 1 atom stereocenters. The molecule has 23 heavy (non-hydrogen) atoms. The van der Waals surface area contributed by atoms with Crippen LogP contribution in [0.15, 0.2) is 48.5 Å². The van der Waals surface area contributed by atoms with Gasteiger partial charge < -0.3 is 15.4 Å². The second-order valence-corrected chi connectivity index (χ2v) is 5.58. The van der Waals surface area contributed by atoms with E-state index in [0.29, 0.717) is 18.0 Å². The van der Waals surface area contributed by atoms with Gasteiger partial charge in [-0.15, -0.1) is 0 Å². The number of benzene rings is 2. The summed E-state index contributed by atoms with van der Waals surface area (Å²) in [5.74, 6) is 0.378. The maximum absolute atomic E-state index is 12.9. The molecule has 120 valence electrons. The van der Waals surface area contributed by atoms with Gasteiger partial charge in [-0.2, -0.15) is 0 Å². The van der Waals surface area contributed by atoms with Crippen LogP contribution in [-0.4, -0.2) is 18.5 Å². The Kier molecular flexibility index (Phi) is 4.88. The van der Waals surface area contributed by atoms with Crippen LogP contribution >= 0.6 is 0 Å². The fourth-order valence-electron chi connectivity index (χ4n) is 2.55. The lowest BCUT2D eigenvalue weighted by Gasteiger charge is -2.12. The van der Waals surface area contributed by atoms with Crippen LogP contribution in [0.3, 0.4) is 0 Å². The molecular weight excluding hydrogens is 295 g/mol. The summed E-state index contributed by atoms with van der Waals surface area (Å²) in [6.45, 7) is 1.24. The zero-order valence-corrected chi connectivity index (χ0v) is 12.7. The van der Waals surface area contributed by atoms with Crippen LogP contribution < -0.4 is 15.4 Å². The maximum atomic E-state index is 12.9. The number of carbonyl (C=O) groups excluding carboxylic acids is 1. The Morgan fingerprint density at radius 3 is 2.83 bits per heavy atom. The molecule has 5 heteroatoms. The molecule has 0 bridgehead atoms. The van der Waals surface area contributed by atoms with E-state index >= 15 is 0 Å². The molecule has 4 nitrogen and oxygen atoms in total. The number of nitrogens with one attached hydrogen (secondary N) is 2. The normalized spacial score (nSPS) is 17.0. The molecule has 0 aromatic heterocycles. The maximum Gasteiger partial charge on any atom is 0.241 e. The quantitative estimate of drug-likeness (QED) is 0.891. The highest BCUT2D eigenvalue weighted by Gasteiger charge is 2.21. The van der Waals surface area contributed by atoms with Crippen LogP contribution in [0, 0.1) is 5.82 Å². The van der Waals surface area contributed by atoms with Crippen molar-refractivity contribution in [1.29, 1.82) is 0 Å². The van der Waals surface area contributed by atoms with Crippen molar-refractivity contribution >= 4 is 11.6 Å². The smallest absolute Gasteiger partial charge is 0.241 e. The summed E-state index contributed by atoms with van der Waals surface area (Å²) in [5.41, 5.74) is 1.59. The Morgan fingerprint density at radius 2 is 2.09 bits per heavy atom. The van der Waals surface area contributed by atoms with Gasteiger partial charge in [-0.25, -0.2) is 4.39 Å². The molecule has 0 spiro atoms. The first-order chi connectivity index (χ1) is 11.2. The van der Waals surface area contributed by atoms with Crippen molar-refractivity contribution in [3.05, 3.63) is 59.9 Å². The molecule has 1 heterocycles. The highest BCUT2D eigenvalue weighted by Crippen LogP contribution is 2.19. The number of halogens is 1. The van der Waals surface area contributed by atoms with Crippen molar-refractivity contribution in [3.63, 3.8) is 0 Å². The molecule has 1 fully saturated rings. The molecule has 2 aromatic carbocycles. The fraction of sp³-hybridized carbons (Fsp3) is 0.278. The lowest BCUT2D eigenvalue weighted by atomic mass is 10.2. The first kappa shape index (κ1) is 15.5. The number of anilines is 1. The van der Waals surface area contributed by atoms with Crippen molar-refractivity contribution in [2.75, 3.05) is 11.9 Å². The number of rotatable bonds is 5. The molecule has 0 radical (unpaired) electrons. The molecule has 1 amide bonds. The minimum absolute atomic E-state index is 0.0156. The van der Waals surface area contributed by atoms with Gasteiger partial charge in [0.15, 0.2) is 0 Å². The van der Waals surface area contributed by atoms with Crippen molar-refractivity contribution in [3.8, 4) is 5.75 Å². The zero-order valence-electron chi connectivity index (χ0n) is 12.7. The Morgan fingerprint density at radius 1 is 1.26 bits per heavy atom. The fourth-order valence-corrected chi connectivity index (χ4v) is 2.55. The summed E-state index contributed by atoms with van der Waals surface area (Å²) in [6.07, 6.45) is 1.89. The van der Waals surface area contributed by atoms with Crippen molar-refractivity contribution in [1.82, 2.24) is 5.32 Å². The summed E-state index contributed by atoms with van der Waals surface area (Å²) in [4.78, 5) is 12.1. The topological polar surface area (TPSA) is 50.4 Å². The van der Waals surface area contributed by atoms with E-state index in [-0.39, 0.29) is 17.8 Å². The molecule has 1 aliphatic rings. The van der Waals surface area contributed by atoms with Crippen LogP contribution in [0.25, 0.3) is 0 Å². The van der Waals surface area contributed by atoms with Crippen molar-refractivity contribution < 1.29 is 13.9 Å². The van der Waals surface area contributed by atoms with Gasteiger partial charge in [0, 0.05) is 11.8 Å². The van der Waals surface area contributed by atoms with E-state index in [2.05, 4.69) is 10.6 Å². The molecule has 0 saturated carbocycles. The Balaban J connectivity index is 1.58. The molecule has 1 unspecified atom stereocenters. The van der Waals surface area contributed by atoms with E-state index in [1.807, 2.05) is 18.2 Å². The summed E-state index contributed by atoms with van der Waals surface area (Å²) in [6, 6.07) is 13.4. The highest BCUT2D eigenvalue weighted by atomic mass is 19.1. The van der Waals surface area contributed by atoms with Gasteiger partial charge in [0.1, 0.15) is 18.2 Å². The SMILES string of the molecule is O=C(Nc1cccc(OCc2ccc(F)cc2)c1)C1CCCN1. The van der Waals surface area contributed by atoms with Gasteiger partial charge in [0.2, 0.25) is 5.91 Å². The van der Waals surface area contributed by atoms with Gasteiger partial charge in [-0.3, -0.25) is 4.79 Å². The van der Waals surface area contributed by atoms with Gasteiger partial charge in [-0.05, 0) is 49.2 Å². The average Bonchev–Trinajstić information content (AvgIpc) is 3.09. The molecule has 0 aliphatic carbocycles. The van der Waals surface area contributed by atoms with E-state index in [1.165, 1.54) is 12.1 Å². The minimum Gasteiger partial charge on any atom is -0.489 e. The first-order valence-electron chi connectivity index (χ1n) is 7.72. The van der Waals surface area contributed by atoms with Crippen LogP contribution in [-0.2, 0) is 11.4 Å². The largest absolute Gasteiger partial charge is 0.489 e. The third-order valence-corrected chi connectivity index (χ3v) is 3.80. The van der Waals surface area contributed by atoms with E-state index < -0.39 is 0 Å².